The van der Waals surface area contributed by atoms with Crippen LogP contribution in [0.4, 0.5) is 0 Å². The van der Waals surface area contributed by atoms with E-state index in [-0.39, 0.29) is 6.10 Å². The summed E-state index contributed by atoms with van der Waals surface area (Å²) in [5, 5.41) is 0. The average Bonchev–Trinajstić information content (AvgIpc) is 2.45. The smallest absolute Gasteiger partial charge is 0.161 e. The SMILES string of the molecule is CCOc1cc(C(N)=S)ccc1OC1CCC(C)C(C)C1. The summed E-state index contributed by atoms with van der Waals surface area (Å²) < 4.78 is 11.9. The molecule has 1 aromatic carbocycles. The fraction of sp³-hybridized carbons (Fsp3) is 0.588. The third kappa shape index (κ3) is 4.10. The first-order valence-electron chi connectivity index (χ1n) is 7.74. The van der Waals surface area contributed by atoms with Crippen molar-refractivity contribution < 1.29 is 9.47 Å². The molecule has 0 amide bonds. The van der Waals surface area contributed by atoms with Gasteiger partial charge in [0.25, 0.3) is 0 Å². The molecular weight excluding hydrogens is 282 g/mol. The van der Waals surface area contributed by atoms with Crippen LogP contribution >= 0.6 is 12.2 Å². The third-order valence-electron chi connectivity index (χ3n) is 4.37. The number of ether oxygens (including phenoxy) is 2. The zero-order chi connectivity index (χ0) is 15.4. The van der Waals surface area contributed by atoms with Gasteiger partial charge in [0.05, 0.1) is 12.7 Å². The van der Waals surface area contributed by atoms with Crippen LogP contribution in [0, 0.1) is 11.8 Å². The van der Waals surface area contributed by atoms with Crippen LogP contribution in [0.2, 0.25) is 0 Å². The Labute approximate surface area is 132 Å². The van der Waals surface area contributed by atoms with Gasteiger partial charge in [-0.15, -0.1) is 0 Å². The minimum atomic E-state index is 0.270. The molecule has 3 nitrogen and oxygen atoms in total. The summed E-state index contributed by atoms with van der Waals surface area (Å²) in [7, 11) is 0. The topological polar surface area (TPSA) is 44.5 Å². The van der Waals surface area contributed by atoms with Gasteiger partial charge in [-0.3, -0.25) is 0 Å². The second kappa shape index (κ2) is 7.12. The van der Waals surface area contributed by atoms with Crippen molar-refractivity contribution in [1.29, 1.82) is 0 Å². The lowest BCUT2D eigenvalue weighted by molar-refractivity contribution is 0.0969. The molecule has 0 aromatic heterocycles. The Balaban J connectivity index is 2.13. The molecule has 2 rings (SSSR count). The highest BCUT2D eigenvalue weighted by Crippen LogP contribution is 2.35. The Morgan fingerprint density at radius 2 is 2.00 bits per heavy atom. The van der Waals surface area contributed by atoms with Gasteiger partial charge in [-0.05, 0) is 56.2 Å². The van der Waals surface area contributed by atoms with Gasteiger partial charge in [0.1, 0.15) is 4.99 Å². The van der Waals surface area contributed by atoms with Crippen LogP contribution in [-0.2, 0) is 0 Å². The summed E-state index contributed by atoms with van der Waals surface area (Å²) in [6.45, 7) is 7.18. The maximum Gasteiger partial charge on any atom is 0.161 e. The largest absolute Gasteiger partial charge is 0.490 e. The molecule has 2 N–H and O–H groups in total. The number of thiocarbonyl (C=S) groups is 1. The van der Waals surface area contributed by atoms with E-state index in [0.717, 1.165) is 35.8 Å². The van der Waals surface area contributed by atoms with Gasteiger partial charge in [0, 0.05) is 5.56 Å². The van der Waals surface area contributed by atoms with Crippen molar-refractivity contribution in [2.75, 3.05) is 6.61 Å². The number of hydrogen-bond donors (Lipinski definition) is 1. The van der Waals surface area contributed by atoms with Crippen molar-refractivity contribution in [3.63, 3.8) is 0 Å². The van der Waals surface area contributed by atoms with Crippen molar-refractivity contribution in [1.82, 2.24) is 0 Å². The summed E-state index contributed by atoms with van der Waals surface area (Å²) in [5.74, 6) is 3.01. The first-order chi connectivity index (χ1) is 10.0. The molecule has 0 aliphatic heterocycles. The lowest BCUT2D eigenvalue weighted by atomic mass is 9.80. The van der Waals surface area contributed by atoms with Gasteiger partial charge >= 0.3 is 0 Å². The molecule has 21 heavy (non-hydrogen) atoms. The fourth-order valence-corrected chi connectivity index (χ4v) is 2.94. The van der Waals surface area contributed by atoms with Gasteiger partial charge in [-0.25, -0.2) is 0 Å². The Hall–Kier alpha value is -1.29. The van der Waals surface area contributed by atoms with E-state index in [9.17, 15) is 0 Å². The molecular formula is C17H25NO2S. The fourth-order valence-electron chi connectivity index (χ4n) is 2.81. The standard InChI is InChI=1S/C17H25NO2S/c1-4-19-16-10-13(17(18)21)6-8-15(16)20-14-7-5-11(2)12(3)9-14/h6,8,10-12,14H,4-5,7,9H2,1-3H3,(H2,18,21). The second-order valence-electron chi connectivity index (χ2n) is 5.97. The normalized spacial score (nSPS) is 25.4. The minimum absolute atomic E-state index is 0.270. The first-order valence-corrected chi connectivity index (χ1v) is 8.15. The number of benzene rings is 1. The lowest BCUT2D eigenvalue weighted by Crippen LogP contribution is -2.29. The van der Waals surface area contributed by atoms with Crippen LogP contribution in [0.5, 0.6) is 11.5 Å². The van der Waals surface area contributed by atoms with Crippen LogP contribution in [0.25, 0.3) is 0 Å². The Morgan fingerprint density at radius 1 is 1.24 bits per heavy atom. The summed E-state index contributed by atoms with van der Waals surface area (Å²) in [6, 6.07) is 5.69. The highest BCUT2D eigenvalue weighted by molar-refractivity contribution is 7.80. The molecule has 0 saturated heterocycles. The second-order valence-corrected chi connectivity index (χ2v) is 6.41. The molecule has 3 unspecified atom stereocenters. The van der Waals surface area contributed by atoms with Gasteiger partial charge < -0.3 is 15.2 Å². The van der Waals surface area contributed by atoms with Crippen LogP contribution in [0.3, 0.4) is 0 Å². The summed E-state index contributed by atoms with van der Waals surface area (Å²) in [4.78, 5) is 0.377. The summed E-state index contributed by atoms with van der Waals surface area (Å²) >= 11 is 5.02. The summed E-state index contributed by atoms with van der Waals surface area (Å²) in [6.07, 6.45) is 3.70. The van der Waals surface area contributed by atoms with Crippen LogP contribution in [0.15, 0.2) is 18.2 Å². The van der Waals surface area contributed by atoms with E-state index in [4.69, 9.17) is 27.4 Å². The Morgan fingerprint density at radius 3 is 2.62 bits per heavy atom. The zero-order valence-electron chi connectivity index (χ0n) is 13.1. The molecule has 0 spiro atoms. The molecule has 0 heterocycles. The van der Waals surface area contributed by atoms with E-state index in [1.165, 1.54) is 6.42 Å². The highest BCUT2D eigenvalue weighted by Gasteiger charge is 2.26. The zero-order valence-corrected chi connectivity index (χ0v) is 13.9. The lowest BCUT2D eigenvalue weighted by Gasteiger charge is -2.32. The molecule has 1 aromatic rings. The molecule has 1 fully saturated rings. The van der Waals surface area contributed by atoms with E-state index in [0.29, 0.717) is 17.5 Å². The Kier molecular flexibility index (Phi) is 5.45. The van der Waals surface area contributed by atoms with E-state index in [1.54, 1.807) is 0 Å². The maximum atomic E-state index is 6.18. The van der Waals surface area contributed by atoms with E-state index >= 15 is 0 Å². The number of nitrogens with two attached hydrogens (primary N) is 1. The highest BCUT2D eigenvalue weighted by atomic mass is 32.1. The summed E-state index contributed by atoms with van der Waals surface area (Å²) in [5.41, 5.74) is 6.49. The first kappa shape index (κ1) is 16.1. The molecule has 4 heteroatoms. The van der Waals surface area contributed by atoms with Crippen molar-refractivity contribution >= 4 is 17.2 Å². The van der Waals surface area contributed by atoms with Gasteiger partial charge in [0.15, 0.2) is 11.5 Å². The van der Waals surface area contributed by atoms with Gasteiger partial charge in [-0.2, -0.15) is 0 Å². The van der Waals surface area contributed by atoms with Gasteiger partial charge in [0.2, 0.25) is 0 Å². The van der Waals surface area contributed by atoms with Crippen molar-refractivity contribution in [2.24, 2.45) is 17.6 Å². The number of rotatable bonds is 5. The van der Waals surface area contributed by atoms with Gasteiger partial charge in [-0.1, -0.05) is 26.1 Å². The quantitative estimate of drug-likeness (QED) is 0.837. The molecule has 1 aliphatic rings. The van der Waals surface area contributed by atoms with E-state index in [1.807, 2.05) is 25.1 Å². The van der Waals surface area contributed by atoms with Crippen molar-refractivity contribution in [3.8, 4) is 11.5 Å². The molecule has 1 aliphatic carbocycles. The molecule has 116 valence electrons. The molecule has 3 atom stereocenters. The monoisotopic (exact) mass is 307 g/mol. The van der Waals surface area contributed by atoms with E-state index < -0.39 is 0 Å². The third-order valence-corrected chi connectivity index (χ3v) is 4.61. The molecule has 0 radical (unpaired) electrons. The van der Waals surface area contributed by atoms with Crippen LogP contribution in [-0.4, -0.2) is 17.7 Å². The predicted molar refractivity (Wildman–Crippen MR) is 90.1 cm³/mol. The number of hydrogen-bond acceptors (Lipinski definition) is 3. The minimum Gasteiger partial charge on any atom is -0.490 e. The van der Waals surface area contributed by atoms with Crippen LogP contribution < -0.4 is 15.2 Å². The molecule has 1 saturated carbocycles. The average molecular weight is 307 g/mol. The predicted octanol–water partition coefficient (Wildman–Crippen LogP) is 3.92. The molecule has 0 bridgehead atoms. The van der Waals surface area contributed by atoms with Crippen LogP contribution in [0.1, 0.15) is 45.6 Å². The van der Waals surface area contributed by atoms with Crippen molar-refractivity contribution in [2.45, 2.75) is 46.1 Å². The maximum absolute atomic E-state index is 6.18. The van der Waals surface area contributed by atoms with Crippen molar-refractivity contribution in [3.05, 3.63) is 23.8 Å². The van der Waals surface area contributed by atoms with E-state index in [2.05, 4.69) is 13.8 Å². The Bertz CT molecular complexity index is 504.